The molecular formula is C14H8O4. The van der Waals surface area contributed by atoms with Crippen molar-refractivity contribution in [3.63, 3.8) is 0 Å². The summed E-state index contributed by atoms with van der Waals surface area (Å²) < 4.78 is 0. The summed E-state index contributed by atoms with van der Waals surface area (Å²) in [6.07, 6.45) is 0. The monoisotopic (exact) mass is 240 g/mol. The van der Waals surface area contributed by atoms with E-state index in [1.807, 2.05) is 0 Å². The molecule has 0 spiro atoms. The van der Waals surface area contributed by atoms with Crippen LogP contribution < -0.4 is 0 Å². The fraction of sp³-hybridized carbons (Fsp3) is 0. The molecule has 0 atom stereocenters. The number of carbonyl (C=O) groups is 2. The van der Waals surface area contributed by atoms with E-state index in [9.17, 15) is 19.8 Å². The fourth-order valence-corrected chi connectivity index (χ4v) is 2.36. The normalized spacial score (nSPS) is 11.1. The third kappa shape index (κ3) is 1.26. The maximum atomic E-state index is 11.2. The molecular weight excluding hydrogens is 232 g/mol. The van der Waals surface area contributed by atoms with E-state index in [2.05, 4.69) is 0 Å². The van der Waals surface area contributed by atoms with Gasteiger partial charge in [0.05, 0.1) is 11.1 Å². The molecule has 0 aliphatic heterocycles. The summed E-state index contributed by atoms with van der Waals surface area (Å²) in [6, 6.07) is 9.90. The summed E-state index contributed by atoms with van der Waals surface area (Å²) in [7, 11) is 0. The maximum Gasteiger partial charge on any atom is 0.336 e. The minimum Gasteiger partial charge on any atom is -0.478 e. The van der Waals surface area contributed by atoms with Crippen molar-refractivity contribution in [2.45, 2.75) is 0 Å². The first-order chi connectivity index (χ1) is 8.59. The summed E-state index contributed by atoms with van der Waals surface area (Å²) in [5.41, 5.74) is 0.271. The quantitative estimate of drug-likeness (QED) is 0.722. The van der Waals surface area contributed by atoms with Crippen molar-refractivity contribution in [1.29, 1.82) is 0 Å². The van der Waals surface area contributed by atoms with Crippen LogP contribution in [0.2, 0.25) is 0 Å². The van der Waals surface area contributed by atoms with Gasteiger partial charge in [-0.3, -0.25) is 0 Å². The number of aromatic carboxylic acids is 2. The molecule has 0 saturated carbocycles. The van der Waals surface area contributed by atoms with Crippen LogP contribution in [0.4, 0.5) is 0 Å². The van der Waals surface area contributed by atoms with E-state index in [-0.39, 0.29) is 11.1 Å². The van der Waals surface area contributed by atoms with Gasteiger partial charge in [0.15, 0.2) is 0 Å². The number of rotatable bonds is 2. The summed E-state index contributed by atoms with van der Waals surface area (Å²) in [6.45, 7) is 0. The second-order valence-corrected chi connectivity index (χ2v) is 4.10. The fourth-order valence-electron chi connectivity index (χ4n) is 2.36. The number of benzene rings is 4. The van der Waals surface area contributed by atoms with E-state index in [1.54, 1.807) is 24.3 Å². The average molecular weight is 240 g/mol. The van der Waals surface area contributed by atoms with Crippen molar-refractivity contribution in [3.05, 3.63) is 47.5 Å². The summed E-state index contributed by atoms with van der Waals surface area (Å²) in [5.74, 6) is -2.10. The van der Waals surface area contributed by atoms with Gasteiger partial charge in [-0.2, -0.15) is 0 Å². The van der Waals surface area contributed by atoms with Gasteiger partial charge in [0.1, 0.15) is 0 Å². The Labute approximate surface area is 101 Å². The van der Waals surface area contributed by atoms with Gasteiger partial charge in [-0.15, -0.1) is 0 Å². The van der Waals surface area contributed by atoms with Gasteiger partial charge in [-0.1, -0.05) is 24.3 Å². The minimum atomic E-state index is -1.05. The Bertz CT molecular complexity index is 702. The summed E-state index contributed by atoms with van der Waals surface area (Å²) in [5, 5.41) is 20.8. The molecule has 0 fully saturated rings. The van der Waals surface area contributed by atoms with Crippen molar-refractivity contribution in [1.82, 2.24) is 0 Å². The molecule has 2 bridgehead atoms. The van der Waals surface area contributed by atoms with Crippen molar-refractivity contribution >= 4 is 33.5 Å². The van der Waals surface area contributed by atoms with Crippen LogP contribution in [-0.4, -0.2) is 22.2 Å². The lowest BCUT2D eigenvalue weighted by Gasteiger charge is -2.11. The Hall–Kier alpha value is -2.62. The van der Waals surface area contributed by atoms with Crippen LogP contribution in [0.3, 0.4) is 0 Å². The van der Waals surface area contributed by atoms with Crippen LogP contribution in [0.15, 0.2) is 36.4 Å². The Morgan fingerprint density at radius 2 is 1.00 bits per heavy atom. The molecule has 18 heavy (non-hydrogen) atoms. The largest absolute Gasteiger partial charge is 0.478 e. The number of carboxylic acid groups (broad SMARTS) is 2. The highest BCUT2D eigenvalue weighted by molar-refractivity contribution is 6.22. The Morgan fingerprint density at radius 3 is 1.28 bits per heavy atom. The van der Waals surface area contributed by atoms with E-state index in [0.29, 0.717) is 10.8 Å². The summed E-state index contributed by atoms with van der Waals surface area (Å²) >= 11 is 0. The van der Waals surface area contributed by atoms with Crippen LogP contribution in [0.25, 0.3) is 21.5 Å². The second-order valence-electron chi connectivity index (χ2n) is 4.10. The van der Waals surface area contributed by atoms with E-state index in [1.165, 1.54) is 12.1 Å². The summed E-state index contributed by atoms with van der Waals surface area (Å²) in [4.78, 5) is 22.4. The molecule has 0 aliphatic carbocycles. The van der Waals surface area contributed by atoms with Crippen LogP contribution in [0.5, 0.6) is 0 Å². The number of fused-ring (bicyclic) bond motifs is 2. The smallest absolute Gasteiger partial charge is 0.336 e. The van der Waals surface area contributed by atoms with Crippen LogP contribution >= 0.6 is 0 Å². The van der Waals surface area contributed by atoms with Crippen molar-refractivity contribution < 1.29 is 19.8 Å². The lowest BCUT2D eigenvalue weighted by atomic mass is 9.92. The molecule has 4 aromatic rings. The van der Waals surface area contributed by atoms with Crippen LogP contribution in [0.1, 0.15) is 20.7 Å². The van der Waals surface area contributed by atoms with Crippen LogP contribution in [0, 0.1) is 0 Å². The topological polar surface area (TPSA) is 74.6 Å². The first-order valence-corrected chi connectivity index (χ1v) is 5.34. The second kappa shape index (κ2) is 3.43. The van der Waals surface area contributed by atoms with Gasteiger partial charge in [0.2, 0.25) is 0 Å². The first kappa shape index (κ1) is 10.5. The van der Waals surface area contributed by atoms with Crippen LogP contribution in [-0.2, 0) is 0 Å². The standard InChI is InChI=1S/C14H8O4/c15-13(16)9-5-6-10(14(17)18)12-8-2-1-7(3-4-8)11(9)12/h1-6H,(H,15,16)(H,17,18). The Balaban J connectivity index is 2.60. The highest BCUT2D eigenvalue weighted by Gasteiger charge is 2.18. The number of hydrogen-bond donors (Lipinski definition) is 2. The van der Waals surface area contributed by atoms with Gasteiger partial charge in [-0.25, -0.2) is 9.59 Å². The molecule has 0 saturated heterocycles. The number of carboxylic acids is 2. The molecule has 4 nitrogen and oxygen atoms in total. The first-order valence-electron chi connectivity index (χ1n) is 5.34. The van der Waals surface area contributed by atoms with Crippen molar-refractivity contribution in [3.8, 4) is 0 Å². The third-order valence-electron chi connectivity index (χ3n) is 3.13. The molecule has 88 valence electrons. The van der Waals surface area contributed by atoms with E-state index in [0.717, 1.165) is 10.8 Å². The molecule has 0 aromatic heterocycles. The Kier molecular flexibility index (Phi) is 2.01. The molecule has 0 heterocycles. The minimum absolute atomic E-state index is 0.135. The predicted molar refractivity (Wildman–Crippen MR) is 66.6 cm³/mol. The molecule has 4 heteroatoms. The van der Waals surface area contributed by atoms with Gasteiger partial charge in [0.25, 0.3) is 0 Å². The molecule has 4 aromatic carbocycles. The highest BCUT2D eigenvalue weighted by atomic mass is 16.4. The average Bonchev–Trinajstić information content (AvgIpc) is 2.38. The third-order valence-corrected chi connectivity index (χ3v) is 3.13. The van der Waals surface area contributed by atoms with Gasteiger partial charge in [0, 0.05) is 10.8 Å². The highest BCUT2D eigenvalue weighted by Crippen LogP contribution is 2.33. The molecule has 0 aliphatic rings. The molecule has 0 amide bonds. The van der Waals surface area contributed by atoms with E-state index < -0.39 is 11.9 Å². The zero-order chi connectivity index (χ0) is 12.9. The van der Waals surface area contributed by atoms with Crippen molar-refractivity contribution in [2.24, 2.45) is 0 Å². The van der Waals surface area contributed by atoms with Gasteiger partial charge < -0.3 is 10.2 Å². The van der Waals surface area contributed by atoms with E-state index >= 15 is 0 Å². The van der Waals surface area contributed by atoms with Gasteiger partial charge >= 0.3 is 11.9 Å². The number of hydrogen-bond acceptors (Lipinski definition) is 2. The molecule has 0 radical (unpaired) electrons. The molecule has 2 N–H and O–H groups in total. The lowest BCUT2D eigenvalue weighted by Crippen LogP contribution is -2.04. The van der Waals surface area contributed by atoms with Gasteiger partial charge in [-0.05, 0) is 22.9 Å². The zero-order valence-electron chi connectivity index (χ0n) is 9.18. The molecule has 0 unspecified atom stereocenters. The van der Waals surface area contributed by atoms with E-state index in [4.69, 9.17) is 0 Å². The maximum absolute atomic E-state index is 11.2. The Morgan fingerprint density at radius 1 is 0.667 bits per heavy atom. The SMILES string of the molecule is O=C(O)c1ccc(C(=O)O)c2c3ccc(cc3)c12. The zero-order valence-corrected chi connectivity index (χ0v) is 9.18. The predicted octanol–water partition coefficient (Wildman–Crippen LogP) is 2.83. The lowest BCUT2D eigenvalue weighted by molar-refractivity contribution is 0.0684. The van der Waals surface area contributed by atoms with Crippen molar-refractivity contribution in [2.75, 3.05) is 0 Å². The molecule has 4 rings (SSSR count).